The summed E-state index contributed by atoms with van der Waals surface area (Å²) in [6.45, 7) is 1.47. The average Bonchev–Trinajstić information content (AvgIpc) is 3.71. The van der Waals surface area contributed by atoms with Gasteiger partial charge in [-0.25, -0.2) is 19.9 Å². The monoisotopic (exact) mass is 444 g/mol. The Morgan fingerprint density at radius 1 is 0.970 bits per heavy atom. The maximum Gasteiger partial charge on any atom is 0.278 e. The minimum atomic E-state index is -0.424. The Kier molecular flexibility index (Phi) is 5.88. The highest BCUT2D eigenvalue weighted by Gasteiger charge is 2.28. The number of piperidine rings is 1. The number of amides is 2. The Hall–Kier alpha value is -3.95. The van der Waals surface area contributed by atoms with Gasteiger partial charge in [0.25, 0.3) is 11.8 Å². The average molecular weight is 444 g/mol. The molecular formula is C23H24N8O2. The van der Waals surface area contributed by atoms with Crippen molar-refractivity contribution in [2.24, 2.45) is 0 Å². The van der Waals surface area contributed by atoms with Crippen LogP contribution in [-0.4, -0.2) is 54.7 Å². The van der Waals surface area contributed by atoms with Gasteiger partial charge in [0.05, 0.1) is 30.0 Å². The van der Waals surface area contributed by atoms with Crippen LogP contribution in [0, 0.1) is 0 Å². The number of likely N-dealkylation sites (tertiary alicyclic amines) is 1. The predicted molar refractivity (Wildman–Crippen MR) is 121 cm³/mol. The fourth-order valence-corrected chi connectivity index (χ4v) is 3.80. The summed E-state index contributed by atoms with van der Waals surface area (Å²) in [7, 11) is 0. The summed E-state index contributed by atoms with van der Waals surface area (Å²) in [5.41, 5.74) is 2.35. The van der Waals surface area contributed by atoms with Crippen LogP contribution >= 0.6 is 0 Å². The van der Waals surface area contributed by atoms with Gasteiger partial charge in [0.2, 0.25) is 0 Å². The van der Waals surface area contributed by atoms with Crippen molar-refractivity contribution < 1.29 is 9.59 Å². The van der Waals surface area contributed by atoms with Gasteiger partial charge < -0.3 is 15.5 Å². The molecule has 33 heavy (non-hydrogen) atoms. The molecule has 3 aromatic rings. The molecule has 1 aliphatic heterocycles. The van der Waals surface area contributed by atoms with E-state index >= 15 is 0 Å². The molecule has 2 amide bonds. The van der Waals surface area contributed by atoms with E-state index in [-0.39, 0.29) is 11.6 Å². The molecule has 2 aliphatic rings. The molecule has 3 aromatic heterocycles. The summed E-state index contributed by atoms with van der Waals surface area (Å²) in [6, 6.07) is 3.26. The molecule has 1 saturated heterocycles. The molecule has 0 unspecified atom stereocenters. The second kappa shape index (κ2) is 9.27. The van der Waals surface area contributed by atoms with Crippen molar-refractivity contribution in [3.63, 3.8) is 0 Å². The van der Waals surface area contributed by atoms with Crippen molar-refractivity contribution in [2.45, 2.75) is 38.0 Å². The van der Waals surface area contributed by atoms with Gasteiger partial charge in [-0.3, -0.25) is 14.6 Å². The minimum absolute atomic E-state index is 0.118. The van der Waals surface area contributed by atoms with E-state index in [4.69, 9.17) is 0 Å². The Labute approximate surface area is 190 Å². The Morgan fingerprint density at radius 2 is 1.76 bits per heavy atom. The first-order valence-electron chi connectivity index (χ1n) is 11.1. The van der Waals surface area contributed by atoms with Gasteiger partial charge in [-0.1, -0.05) is 0 Å². The van der Waals surface area contributed by atoms with Crippen LogP contribution in [0.25, 0.3) is 0 Å². The van der Waals surface area contributed by atoms with Crippen LogP contribution in [0.1, 0.15) is 64.7 Å². The molecule has 0 spiro atoms. The predicted octanol–water partition coefficient (Wildman–Crippen LogP) is 3.16. The van der Waals surface area contributed by atoms with Crippen molar-refractivity contribution in [1.82, 2.24) is 29.8 Å². The molecule has 0 radical (unpaired) electrons. The largest absolute Gasteiger partial charge is 0.337 e. The quantitative estimate of drug-likeness (QED) is 0.594. The number of carbonyl (C=O) groups excluding carboxylic acids is 2. The van der Waals surface area contributed by atoms with Gasteiger partial charge in [0, 0.05) is 30.9 Å². The van der Waals surface area contributed by atoms with Gasteiger partial charge in [0.1, 0.15) is 12.0 Å². The van der Waals surface area contributed by atoms with Crippen molar-refractivity contribution in [3.05, 3.63) is 60.3 Å². The lowest BCUT2D eigenvalue weighted by Gasteiger charge is -2.26. The lowest BCUT2D eigenvalue weighted by atomic mass is 10.1. The zero-order valence-electron chi connectivity index (χ0n) is 18.1. The molecule has 10 heteroatoms. The lowest BCUT2D eigenvalue weighted by Crippen LogP contribution is -2.36. The van der Waals surface area contributed by atoms with E-state index in [0.717, 1.165) is 50.9 Å². The molecule has 2 N–H and O–H groups in total. The van der Waals surface area contributed by atoms with Crippen molar-refractivity contribution in [2.75, 3.05) is 23.7 Å². The molecule has 0 bridgehead atoms. The fourth-order valence-electron chi connectivity index (χ4n) is 3.80. The first-order valence-corrected chi connectivity index (χ1v) is 11.1. The summed E-state index contributed by atoms with van der Waals surface area (Å²) in [4.78, 5) is 49.0. The molecule has 0 aromatic carbocycles. The number of rotatable bonds is 6. The topological polar surface area (TPSA) is 126 Å². The van der Waals surface area contributed by atoms with Crippen LogP contribution in [0.5, 0.6) is 0 Å². The number of nitrogens with zero attached hydrogens (tertiary/aromatic N) is 6. The summed E-state index contributed by atoms with van der Waals surface area (Å²) >= 11 is 0. The van der Waals surface area contributed by atoms with Crippen LogP contribution in [0.3, 0.4) is 0 Å². The van der Waals surface area contributed by atoms with Crippen molar-refractivity contribution in [3.8, 4) is 0 Å². The van der Waals surface area contributed by atoms with Crippen molar-refractivity contribution >= 4 is 29.0 Å². The number of anilines is 3. The molecule has 1 saturated carbocycles. The van der Waals surface area contributed by atoms with E-state index in [0.29, 0.717) is 28.8 Å². The smallest absolute Gasteiger partial charge is 0.278 e. The zero-order valence-corrected chi connectivity index (χ0v) is 18.1. The summed E-state index contributed by atoms with van der Waals surface area (Å²) in [5, 5.41) is 5.91. The third-order valence-corrected chi connectivity index (χ3v) is 5.71. The molecule has 2 fully saturated rings. The Balaban J connectivity index is 1.37. The third kappa shape index (κ3) is 4.94. The third-order valence-electron chi connectivity index (χ3n) is 5.71. The highest BCUT2D eigenvalue weighted by molar-refractivity contribution is 6.06. The number of hydrogen-bond donors (Lipinski definition) is 2. The van der Waals surface area contributed by atoms with Gasteiger partial charge in [-0.2, -0.15) is 0 Å². The van der Waals surface area contributed by atoms with E-state index in [1.807, 2.05) is 4.90 Å². The second-order valence-electron chi connectivity index (χ2n) is 8.26. The number of aromatic nitrogens is 5. The highest BCUT2D eigenvalue weighted by Crippen LogP contribution is 2.39. The van der Waals surface area contributed by atoms with Crippen LogP contribution < -0.4 is 10.6 Å². The van der Waals surface area contributed by atoms with E-state index < -0.39 is 5.91 Å². The van der Waals surface area contributed by atoms with Gasteiger partial charge >= 0.3 is 0 Å². The van der Waals surface area contributed by atoms with Crippen LogP contribution in [0.2, 0.25) is 0 Å². The maximum atomic E-state index is 13.2. The van der Waals surface area contributed by atoms with Crippen LogP contribution in [0.15, 0.2) is 43.2 Å². The number of carbonyl (C=O) groups is 2. The molecular weight excluding hydrogens is 420 g/mol. The van der Waals surface area contributed by atoms with Crippen LogP contribution in [-0.2, 0) is 0 Å². The highest BCUT2D eigenvalue weighted by atomic mass is 16.2. The van der Waals surface area contributed by atoms with E-state index in [1.54, 1.807) is 30.7 Å². The van der Waals surface area contributed by atoms with Gasteiger partial charge in [-0.05, 0) is 44.2 Å². The molecule has 1 aliphatic carbocycles. The number of nitrogens with one attached hydrogen (secondary N) is 2. The number of pyridine rings is 1. The first kappa shape index (κ1) is 20.9. The molecule has 168 valence electrons. The molecule has 10 nitrogen and oxygen atoms in total. The lowest BCUT2D eigenvalue weighted by molar-refractivity contribution is 0.0718. The number of hydrogen-bond acceptors (Lipinski definition) is 8. The summed E-state index contributed by atoms with van der Waals surface area (Å²) in [5.74, 6) is 0.109. The van der Waals surface area contributed by atoms with Crippen molar-refractivity contribution in [1.29, 1.82) is 0 Å². The SMILES string of the molecule is O=C(Nc1ccnc(C(=O)N2CCCCC2)c1)c1nc(C2CC2)cnc1Nc1cncnc1. The van der Waals surface area contributed by atoms with E-state index in [9.17, 15) is 9.59 Å². The molecule has 5 rings (SSSR count). The summed E-state index contributed by atoms with van der Waals surface area (Å²) < 4.78 is 0. The van der Waals surface area contributed by atoms with Gasteiger partial charge in [0.15, 0.2) is 11.5 Å². The Bertz CT molecular complexity index is 1160. The second-order valence-corrected chi connectivity index (χ2v) is 8.26. The fraction of sp³-hybridized carbons (Fsp3) is 0.348. The minimum Gasteiger partial charge on any atom is -0.337 e. The molecule has 0 atom stereocenters. The Morgan fingerprint density at radius 3 is 2.52 bits per heavy atom. The summed E-state index contributed by atoms with van der Waals surface area (Å²) in [6.07, 6.45) is 13.1. The normalized spacial score (nSPS) is 15.7. The zero-order chi connectivity index (χ0) is 22.6. The first-order chi connectivity index (χ1) is 16.2. The molecule has 4 heterocycles. The van der Waals surface area contributed by atoms with Crippen LogP contribution in [0.4, 0.5) is 17.2 Å². The van der Waals surface area contributed by atoms with E-state index in [2.05, 4.69) is 35.6 Å². The van der Waals surface area contributed by atoms with Gasteiger partial charge in [-0.15, -0.1) is 0 Å². The standard InChI is InChI=1S/C23H24N8O2/c32-22(29-16-6-7-26-18(10-16)23(33)31-8-2-1-3-9-31)20-21(28-17-11-24-14-25-12-17)27-13-19(30-20)15-4-5-15/h6-7,10-15H,1-5,8-9H2,(H,27,28)(H,26,29,32). The van der Waals surface area contributed by atoms with E-state index in [1.165, 1.54) is 12.5 Å². The maximum absolute atomic E-state index is 13.2.